The van der Waals surface area contributed by atoms with E-state index in [1.807, 2.05) is 17.8 Å². The molecule has 90 valence electrons. The van der Waals surface area contributed by atoms with Gasteiger partial charge < -0.3 is 5.11 Å². The van der Waals surface area contributed by atoms with Gasteiger partial charge >= 0.3 is 0 Å². The van der Waals surface area contributed by atoms with E-state index in [1.54, 1.807) is 6.92 Å². The van der Waals surface area contributed by atoms with Gasteiger partial charge in [-0.3, -0.25) is 0 Å². The van der Waals surface area contributed by atoms with E-state index < -0.39 is 6.10 Å². The van der Waals surface area contributed by atoms with Gasteiger partial charge in [-0.1, -0.05) is 41.8 Å². The maximum Gasteiger partial charge on any atom is 0.0772 e. The van der Waals surface area contributed by atoms with E-state index in [9.17, 15) is 5.11 Å². The molecule has 0 fully saturated rings. The Morgan fingerprint density at radius 3 is 2.69 bits per heavy atom. The van der Waals surface area contributed by atoms with Crippen LogP contribution >= 0.6 is 27.7 Å². The summed E-state index contributed by atoms with van der Waals surface area (Å²) in [5.41, 5.74) is 0.956. The highest BCUT2D eigenvalue weighted by molar-refractivity contribution is 9.10. The van der Waals surface area contributed by atoms with Gasteiger partial charge in [0.2, 0.25) is 0 Å². The lowest BCUT2D eigenvalue weighted by molar-refractivity contribution is 0.198. The van der Waals surface area contributed by atoms with Crippen LogP contribution in [0.1, 0.15) is 44.8 Å². The van der Waals surface area contributed by atoms with Gasteiger partial charge in [0.15, 0.2) is 0 Å². The van der Waals surface area contributed by atoms with Crippen molar-refractivity contribution in [2.24, 2.45) is 0 Å². The Hall–Kier alpha value is 0.01000. The van der Waals surface area contributed by atoms with Gasteiger partial charge in [-0.15, -0.1) is 11.8 Å². The Kier molecular flexibility index (Phi) is 6.47. The summed E-state index contributed by atoms with van der Waals surface area (Å²) in [6.07, 6.45) is 3.44. The number of unbranched alkanes of at least 4 members (excludes halogenated alkanes) is 2. The van der Waals surface area contributed by atoms with Crippen LogP contribution in [-0.2, 0) is 0 Å². The molecule has 0 aliphatic rings. The van der Waals surface area contributed by atoms with Gasteiger partial charge in [0.05, 0.1) is 6.10 Å². The molecular weight excluding hydrogens is 284 g/mol. The Labute approximate surface area is 111 Å². The number of halogens is 1. The molecule has 1 N–H and O–H groups in total. The molecule has 0 heterocycles. The molecule has 0 amide bonds. The number of rotatable bonds is 6. The first kappa shape index (κ1) is 14.1. The third-order valence-electron chi connectivity index (χ3n) is 2.44. The van der Waals surface area contributed by atoms with Crippen LogP contribution in [0.2, 0.25) is 0 Å². The van der Waals surface area contributed by atoms with Gasteiger partial charge in [0.1, 0.15) is 0 Å². The zero-order valence-corrected chi connectivity index (χ0v) is 12.3. The second-order valence-electron chi connectivity index (χ2n) is 3.91. The third kappa shape index (κ3) is 4.48. The molecule has 0 saturated heterocycles. The fraction of sp³-hybridized carbons (Fsp3) is 0.538. The Morgan fingerprint density at radius 1 is 1.38 bits per heavy atom. The van der Waals surface area contributed by atoms with Crippen LogP contribution in [0, 0.1) is 0 Å². The average Bonchev–Trinajstić information content (AvgIpc) is 2.24. The maximum atomic E-state index is 9.50. The summed E-state index contributed by atoms with van der Waals surface area (Å²) in [5, 5.41) is 9.50. The van der Waals surface area contributed by atoms with Crippen LogP contribution in [-0.4, -0.2) is 10.9 Å². The van der Waals surface area contributed by atoms with Gasteiger partial charge in [0.25, 0.3) is 0 Å². The number of aliphatic hydroxyl groups excluding tert-OH is 1. The van der Waals surface area contributed by atoms with Crippen molar-refractivity contribution in [3.05, 3.63) is 28.2 Å². The van der Waals surface area contributed by atoms with Crippen molar-refractivity contribution >= 4 is 27.7 Å². The van der Waals surface area contributed by atoms with Crippen molar-refractivity contribution in [1.29, 1.82) is 0 Å². The van der Waals surface area contributed by atoms with E-state index in [1.165, 1.54) is 29.9 Å². The number of hydrogen-bond donors (Lipinski definition) is 1. The summed E-state index contributed by atoms with van der Waals surface area (Å²) in [6, 6.07) is 6.18. The molecule has 3 heteroatoms. The van der Waals surface area contributed by atoms with Crippen molar-refractivity contribution in [2.75, 3.05) is 5.75 Å². The fourth-order valence-corrected chi connectivity index (χ4v) is 3.29. The first-order valence-corrected chi connectivity index (χ1v) is 7.53. The number of hydrogen-bond acceptors (Lipinski definition) is 2. The predicted molar refractivity (Wildman–Crippen MR) is 75.0 cm³/mol. The van der Waals surface area contributed by atoms with E-state index >= 15 is 0 Å². The minimum atomic E-state index is -0.409. The molecule has 16 heavy (non-hydrogen) atoms. The Balaban J connectivity index is 2.53. The molecule has 0 spiro atoms. The highest BCUT2D eigenvalue weighted by Crippen LogP contribution is 2.29. The Bertz CT molecular complexity index is 326. The number of aliphatic hydroxyl groups is 1. The van der Waals surface area contributed by atoms with Crippen LogP contribution in [0.5, 0.6) is 0 Å². The highest BCUT2D eigenvalue weighted by Gasteiger charge is 2.06. The smallest absolute Gasteiger partial charge is 0.0772 e. The summed E-state index contributed by atoms with van der Waals surface area (Å²) >= 11 is 5.38. The first-order valence-electron chi connectivity index (χ1n) is 5.75. The van der Waals surface area contributed by atoms with Gasteiger partial charge in [0, 0.05) is 9.37 Å². The molecular formula is C13H19BrOS. The summed E-state index contributed by atoms with van der Waals surface area (Å²) in [4.78, 5) is 1.27. The third-order valence-corrected chi connectivity index (χ3v) is 4.21. The molecule has 1 aromatic rings. The first-order chi connectivity index (χ1) is 7.65. The molecule has 0 aliphatic carbocycles. The van der Waals surface area contributed by atoms with Crippen LogP contribution < -0.4 is 0 Å². The van der Waals surface area contributed by atoms with E-state index in [4.69, 9.17) is 0 Å². The number of benzene rings is 1. The highest BCUT2D eigenvalue weighted by atomic mass is 79.9. The summed E-state index contributed by atoms with van der Waals surface area (Å²) < 4.78 is 1.00. The van der Waals surface area contributed by atoms with Gasteiger partial charge in [-0.25, -0.2) is 0 Å². The molecule has 0 saturated carbocycles. The molecule has 0 bridgehead atoms. The summed E-state index contributed by atoms with van der Waals surface area (Å²) in [7, 11) is 0. The normalized spacial score (nSPS) is 12.8. The van der Waals surface area contributed by atoms with Crippen molar-refractivity contribution in [2.45, 2.75) is 44.1 Å². The zero-order chi connectivity index (χ0) is 12.0. The molecule has 1 aromatic carbocycles. The van der Waals surface area contributed by atoms with Crippen molar-refractivity contribution in [1.82, 2.24) is 0 Å². The van der Waals surface area contributed by atoms with Crippen LogP contribution in [0.15, 0.2) is 27.6 Å². The van der Waals surface area contributed by atoms with Crippen LogP contribution in [0.4, 0.5) is 0 Å². The van der Waals surface area contributed by atoms with Crippen molar-refractivity contribution in [3.63, 3.8) is 0 Å². The topological polar surface area (TPSA) is 20.2 Å². The van der Waals surface area contributed by atoms with E-state index in [0.717, 1.165) is 10.0 Å². The largest absolute Gasteiger partial charge is 0.389 e. The zero-order valence-electron chi connectivity index (χ0n) is 9.87. The second kappa shape index (κ2) is 7.36. The maximum absolute atomic E-state index is 9.50. The van der Waals surface area contributed by atoms with E-state index in [-0.39, 0.29) is 0 Å². The van der Waals surface area contributed by atoms with E-state index in [0.29, 0.717) is 0 Å². The molecule has 0 unspecified atom stereocenters. The molecule has 0 aromatic heterocycles. The average molecular weight is 303 g/mol. The van der Waals surface area contributed by atoms with Crippen LogP contribution in [0.3, 0.4) is 0 Å². The van der Waals surface area contributed by atoms with E-state index in [2.05, 4.69) is 35.0 Å². The minimum Gasteiger partial charge on any atom is -0.389 e. The van der Waals surface area contributed by atoms with Crippen molar-refractivity contribution in [3.8, 4) is 0 Å². The summed E-state index contributed by atoms with van der Waals surface area (Å²) in [5.74, 6) is 1.17. The van der Waals surface area contributed by atoms with Crippen LogP contribution in [0.25, 0.3) is 0 Å². The lowest BCUT2D eigenvalue weighted by atomic mass is 10.1. The SMILES string of the molecule is CCCCCSc1ccc([C@H](C)O)c(Br)c1. The Morgan fingerprint density at radius 2 is 2.12 bits per heavy atom. The minimum absolute atomic E-state index is 0.409. The molecule has 0 aliphatic heterocycles. The fourth-order valence-electron chi connectivity index (χ4n) is 1.48. The predicted octanol–water partition coefficient (Wildman–Crippen LogP) is 4.78. The quantitative estimate of drug-likeness (QED) is 0.602. The number of thioether (sulfide) groups is 1. The van der Waals surface area contributed by atoms with Gasteiger partial charge in [-0.2, -0.15) is 0 Å². The molecule has 1 rings (SSSR count). The molecule has 1 atom stereocenters. The molecule has 1 nitrogen and oxygen atoms in total. The summed E-state index contributed by atoms with van der Waals surface area (Å²) in [6.45, 7) is 4.01. The molecule has 0 radical (unpaired) electrons. The van der Waals surface area contributed by atoms with Gasteiger partial charge in [-0.05, 0) is 36.8 Å². The lowest BCUT2D eigenvalue weighted by Crippen LogP contribution is -1.92. The standard InChI is InChI=1S/C13H19BrOS/c1-3-4-5-8-16-11-6-7-12(10(2)15)13(14)9-11/h6-7,9-10,15H,3-5,8H2,1-2H3/t10-/m0/s1. The lowest BCUT2D eigenvalue weighted by Gasteiger charge is -2.09. The van der Waals surface area contributed by atoms with Crippen molar-refractivity contribution < 1.29 is 5.11 Å². The monoisotopic (exact) mass is 302 g/mol. The second-order valence-corrected chi connectivity index (χ2v) is 5.94.